The van der Waals surface area contributed by atoms with Crippen LogP contribution in [0.4, 0.5) is 0 Å². The number of hydrogen-bond donors (Lipinski definition) is 0. The monoisotopic (exact) mass is 165 g/mol. The molecule has 3 aliphatic rings. The summed E-state index contributed by atoms with van der Waals surface area (Å²) in [6.07, 6.45) is 7.67. The van der Waals surface area contributed by atoms with Crippen molar-refractivity contribution in [3.8, 4) is 0 Å². The molecule has 1 aliphatic carbocycles. The second kappa shape index (κ2) is 2.73. The van der Waals surface area contributed by atoms with Crippen molar-refractivity contribution >= 4 is 0 Å². The lowest BCUT2D eigenvalue weighted by atomic mass is 9.82. The Hall–Kier alpha value is -0.0400. The lowest BCUT2D eigenvalue weighted by Gasteiger charge is -2.22. The second-order valence-corrected chi connectivity index (χ2v) is 4.99. The molecule has 1 heteroatoms. The van der Waals surface area contributed by atoms with Crippen molar-refractivity contribution < 1.29 is 0 Å². The van der Waals surface area contributed by atoms with Gasteiger partial charge in [-0.1, -0.05) is 12.8 Å². The third-order valence-corrected chi connectivity index (χ3v) is 4.45. The SMILES string of the molecule is C1CC2CCN3CCC(C3)C2C1. The molecule has 0 amide bonds. The molecule has 0 radical (unpaired) electrons. The van der Waals surface area contributed by atoms with Gasteiger partial charge in [-0.25, -0.2) is 0 Å². The first-order valence-electron chi connectivity index (χ1n) is 5.66. The number of nitrogens with zero attached hydrogens (tertiary/aromatic N) is 1. The summed E-state index contributed by atoms with van der Waals surface area (Å²) in [5.41, 5.74) is 0. The summed E-state index contributed by atoms with van der Waals surface area (Å²) in [5.74, 6) is 3.36. The molecule has 68 valence electrons. The quantitative estimate of drug-likeness (QED) is 0.531. The first kappa shape index (κ1) is 7.37. The van der Waals surface area contributed by atoms with Crippen molar-refractivity contribution in [1.29, 1.82) is 0 Å². The van der Waals surface area contributed by atoms with E-state index in [9.17, 15) is 0 Å². The first-order chi connectivity index (χ1) is 5.93. The third kappa shape index (κ3) is 1.02. The van der Waals surface area contributed by atoms with Gasteiger partial charge < -0.3 is 4.90 Å². The highest BCUT2D eigenvalue weighted by atomic mass is 15.1. The minimum atomic E-state index is 1.10. The van der Waals surface area contributed by atoms with Crippen LogP contribution in [0.25, 0.3) is 0 Å². The molecule has 1 saturated carbocycles. The first-order valence-corrected chi connectivity index (χ1v) is 5.66. The molecule has 2 aliphatic heterocycles. The van der Waals surface area contributed by atoms with Gasteiger partial charge >= 0.3 is 0 Å². The van der Waals surface area contributed by atoms with Crippen LogP contribution >= 0.6 is 0 Å². The molecule has 1 nitrogen and oxygen atoms in total. The molecule has 2 bridgehead atoms. The zero-order chi connectivity index (χ0) is 7.97. The Morgan fingerprint density at radius 1 is 0.833 bits per heavy atom. The predicted molar refractivity (Wildman–Crippen MR) is 50.0 cm³/mol. The molecule has 0 spiro atoms. The maximum absolute atomic E-state index is 2.70. The van der Waals surface area contributed by atoms with Gasteiger partial charge in [-0.2, -0.15) is 0 Å². The van der Waals surface area contributed by atoms with Crippen molar-refractivity contribution in [1.82, 2.24) is 4.90 Å². The van der Waals surface area contributed by atoms with Crippen LogP contribution in [0, 0.1) is 17.8 Å². The van der Waals surface area contributed by atoms with Gasteiger partial charge in [0.15, 0.2) is 0 Å². The van der Waals surface area contributed by atoms with Gasteiger partial charge in [0.05, 0.1) is 0 Å². The fraction of sp³-hybridized carbons (Fsp3) is 1.00. The molecule has 0 aromatic rings. The fourth-order valence-electron chi connectivity index (χ4n) is 3.81. The molecule has 4 atom stereocenters. The maximum Gasteiger partial charge on any atom is 0.00129 e. The molecule has 2 saturated heterocycles. The van der Waals surface area contributed by atoms with E-state index in [1.165, 1.54) is 38.9 Å². The number of rotatable bonds is 0. The van der Waals surface area contributed by atoms with Crippen LogP contribution in [-0.4, -0.2) is 24.5 Å². The van der Waals surface area contributed by atoms with Crippen molar-refractivity contribution in [2.24, 2.45) is 17.8 Å². The molecule has 3 fully saturated rings. The average Bonchev–Trinajstić information content (AvgIpc) is 2.61. The van der Waals surface area contributed by atoms with Gasteiger partial charge in [0.25, 0.3) is 0 Å². The molecule has 0 aromatic heterocycles. The van der Waals surface area contributed by atoms with E-state index in [0.717, 1.165) is 17.8 Å². The molecule has 4 unspecified atom stereocenters. The molecule has 12 heavy (non-hydrogen) atoms. The minimum absolute atomic E-state index is 1.10. The topological polar surface area (TPSA) is 3.24 Å². The van der Waals surface area contributed by atoms with Crippen molar-refractivity contribution in [2.75, 3.05) is 19.6 Å². The van der Waals surface area contributed by atoms with E-state index in [4.69, 9.17) is 0 Å². The van der Waals surface area contributed by atoms with E-state index in [2.05, 4.69) is 4.90 Å². The van der Waals surface area contributed by atoms with Gasteiger partial charge in [-0.05, 0) is 50.1 Å². The van der Waals surface area contributed by atoms with E-state index in [1.54, 1.807) is 12.8 Å². The summed E-state index contributed by atoms with van der Waals surface area (Å²) in [6.45, 7) is 4.27. The third-order valence-electron chi connectivity index (χ3n) is 4.45. The van der Waals surface area contributed by atoms with Crippen LogP contribution < -0.4 is 0 Å². The van der Waals surface area contributed by atoms with Gasteiger partial charge in [-0.3, -0.25) is 0 Å². The molecular weight excluding hydrogens is 146 g/mol. The minimum Gasteiger partial charge on any atom is -0.303 e. The van der Waals surface area contributed by atoms with Gasteiger partial charge in [0, 0.05) is 6.54 Å². The van der Waals surface area contributed by atoms with E-state index < -0.39 is 0 Å². The van der Waals surface area contributed by atoms with Crippen molar-refractivity contribution in [3.63, 3.8) is 0 Å². The van der Waals surface area contributed by atoms with Crippen LogP contribution in [0.15, 0.2) is 0 Å². The zero-order valence-corrected chi connectivity index (χ0v) is 7.84. The van der Waals surface area contributed by atoms with Crippen LogP contribution in [0.3, 0.4) is 0 Å². The standard InChI is InChI=1S/C11H19N/c1-2-9-4-6-12-7-5-10(8-12)11(9)3-1/h9-11H,1-8H2. The van der Waals surface area contributed by atoms with E-state index in [-0.39, 0.29) is 0 Å². The summed E-state index contributed by atoms with van der Waals surface area (Å²) < 4.78 is 0. The van der Waals surface area contributed by atoms with Gasteiger partial charge in [0.1, 0.15) is 0 Å². The number of hydrogen-bond acceptors (Lipinski definition) is 1. The Bertz CT molecular complexity index is 178. The largest absolute Gasteiger partial charge is 0.303 e. The summed E-state index contributed by atoms with van der Waals surface area (Å²) in [6, 6.07) is 0. The summed E-state index contributed by atoms with van der Waals surface area (Å²) in [5, 5.41) is 0. The lowest BCUT2D eigenvalue weighted by Crippen LogP contribution is -2.20. The maximum atomic E-state index is 2.70. The predicted octanol–water partition coefficient (Wildman–Crippen LogP) is 2.13. The fourth-order valence-corrected chi connectivity index (χ4v) is 3.81. The number of fused-ring (bicyclic) bond motifs is 4. The normalized spacial score (nSPS) is 52.0. The van der Waals surface area contributed by atoms with Gasteiger partial charge in [0.2, 0.25) is 0 Å². The van der Waals surface area contributed by atoms with Crippen LogP contribution in [0.5, 0.6) is 0 Å². The zero-order valence-electron chi connectivity index (χ0n) is 7.84. The van der Waals surface area contributed by atoms with Crippen molar-refractivity contribution in [2.45, 2.75) is 32.1 Å². The molecule has 0 N–H and O–H groups in total. The van der Waals surface area contributed by atoms with Crippen LogP contribution in [0.1, 0.15) is 32.1 Å². The summed E-state index contributed by atoms with van der Waals surface area (Å²) in [7, 11) is 0. The van der Waals surface area contributed by atoms with E-state index >= 15 is 0 Å². The summed E-state index contributed by atoms with van der Waals surface area (Å²) in [4.78, 5) is 2.70. The lowest BCUT2D eigenvalue weighted by molar-refractivity contribution is 0.277. The highest BCUT2D eigenvalue weighted by molar-refractivity contribution is 4.91. The average molecular weight is 165 g/mol. The Labute approximate surface area is 75.1 Å². The molecular formula is C11H19N. The molecule has 2 heterocycles. The van der Waals surface area contributed by atoms with E-state index in [1.807, 2.05) is 0 Å². The smallest absolute Gasteiger partial charge is 0.00129 e. The Morgan fingerprint density at radius 3 is 2.58 bits per heavy atom. The summed E-state index contributed by atoms with van der Waals surface area (Å²) >= 11 is 0. The second-order valence-electron chi connectivity index (χ2n) is 4.99. The Morgan fingerprint density at radius 2 is 1.67 bits per heavy atom. The van der Waals surface area contributed by atoms with E-state index in [0.29, 0.717) is 0 Å². The Balaban J connectivity index is 1.82. The van der Waals surface area contributed by atoms with Crippen LogP contribution in [0.2, 0.25) is 0 Å². The van der Waals surface area contributed by atoms with Crippen LogP contribution in [-0.2, 0) is 0 Å². The highest BCUT2D eigenvalue weighted by Crippen LogP contribution is 2.44. The van der Waals surface area contributed by atoms with Crippen molar-refractivity contribution in [3.05, 3.63) is 0 Å². The highest BCUT2D eigenvalue weighted by Gasteiger charge is 2.39. The van der Waals surface area contributed by atoms with Gasteiger partial charge in [-0.15, -0.1) is 0 Å². The Kier molecular flexibility index (Phi) is 1.68. The molecule has 3 rings (SSSR count). The molecule has 0 aromatic carbocycles.